The summed E-state index contributed by atoms with van der Waals surface area (Å²) in [5.74, 6) is 0.897. The van der Waals surface area contributed by atoms with Gasteiger partial charge in [0.1, 0.15) is 17.1 Å². The van der Waals surface area contributed by atoms with E-state index >= 15 is 0 Å². The number of pyridine rings is 2. The number of likely N-dealkylation sites (N-methyl/N-ethyl adjacent to an activating group) is 1. The van der Waals surface area contributed by atoms with Crippen molar-refractivity contribution in [2.45, 2.75) is 13.0 Å². The van der Waals surface area contributed by atoms with Crippen LogP contribution in [0, 0.1) is 0 Å². The predicted octanol–water partition coefficient (Wildman–Crippen LogP) is 5.93. The molecule has 46 heavy (non-hydrogen) atoms. The van der Waals surface area contributed by atoms with E-state index in [-0.39, 0.29) is 16.5 Å². The molecular weight excluding hydrogens is 606 g/mol. The lowest BCUT2D eigenvalue weighted by molar-refractivity contribution is -0.111. The highest BCUT2D eigenvalue weighted by atomic mass is 35.5. The number of carbonyl (C=O) groups excluding carboxylic acids is 1. The number of nitrogens with zero attached hydrogens (tertiary/aromatic N) is 5. The molecule has 1 atom stereocenters. The Bertz CT molecular complexity index is 1960. The number of anilines is 3. The number of carbonyl (C=O) groups is 1. The van der Waals surface area contributed by atoms with Crippen LogP contribution >= 0.6 is 11.6 Å². The Morgan fingerprint density at radius 1 is 1.04 bits per heavy atom. The molecule has 0 fully saturated rings. The lowest BCUT2D eigenvalue weighted by Crippen LogP contribution is -2.27. The highest BCUT2D eigenvalue weighted by Crippen LogP contribution is 2.39. The fourth-order valence-electron chi connectivity index (χ4n) is 4.91. The molecule has 2 aromatic carbocycles. The Kier molecular flexibility index (Phi) is 9.94. The Morgan fingerprint density at radius 3 is 2.54 bits per heavy atom. The summed E-state index contributed by atoms with van der Waals surface area (Å²) >= 11 is 6.76. The summed E-state index contributed by atoms with van der Waals surface area (Å²) in [4.78, 5) is 42.4. The van der Waals surface area contributed by atoms with Crippen LogP contribution in [0.3, 0.4) is 0 Å². The summed E-state index contributed by atoms with van der Waals surface area (Å²) in [6, 6.07) is 15.5. The van der Waals surface area contributed by atoms with E-state index in [9.17, 15) is 9.59 Å². The van der Waals surface area contributed by atoms with Crippen LogP contribution in [0.5, 0.6) is 11.5 Å². The van der Waals surface area contributed by atoms with E-state index in [0.29, 0.717) is 51.8 Å². The fraction of sp³-hybridized carbons (Fsp3) is 0.206. The number of ether oxygens (including phenoxy) is 2. The van der Waals surface area contributed by atoms with E-state index in [1.165, 1.54) is 20.3 Å². The van der Waals surface area contributed by atoms with Gasteiger partial charge in [-0.2, -0.15) is 4.98 Å². The summed E-state index contributed by atoms with van der Waals surface area (Å²) in [6.07, 6.45) is 8.25. The molecule has 0 aliphatic rings. The number of rotatable bonds is 11. The van der Waals surface area contributed by atoms with Crippen LogP contribution in [0.1, 0.15) is 18.5 Å². The molecule has 3 heterocycles. The predicted molar refractivity (Wildman–Crippen MR) is 181 cm³/mol. The van der Waals surface area contributed by atoms with Crippen molar-refractivity contribution in [2.24, 2.45) is 0 Å². The van der Waals surface area contributed by atoms with Gasteiger partial charge in [0.15, 0.2) is 0 Å². The number of nitrogens with one attached hydrogen (secondary N) is 2. The van der Waals surface area contributed by atoms with Gasteiger partial charge in [-0.3, -0.25) is 19.1 Å². The lowest BCUT2D eigenvalue weighted by Gasteiger charge is -2.21. The summed E-state index contributed by atoms with van der Waals surface area (Å²) in [6.45, 7) is 2.54. The lowest BCUT2D eigenvalue weighted by atomic mass is 10.0. The van der Waals surface area contributed by atoms with E-state index in [2.05, 4.69) is 20.6 Å². The molecule has 0 saturated heterocycles. The van der Waals surface area contributed by atoms with Crippen molar-refractivity contribution in [1.82, 2.24) is 24.4 Å². The van der Waals surface area contributed by atoms with Gasteiger partial charge in [-0.15, -0.1) is 0 Å². The first-order valence-electron chi connectivity index (χ1n) is 14.4. The molecular formula is C34H34ClN7O4. The maximum Gasteiger partial charge on any atom is 0.260 e. The molecule has 5 rings (SSSR count). The second-order valence-electron chi connectivity index (χ2n) is 10.7. The van der Waals surface area contributed by atoms with E-state index in [0.717, 1.165) is 11.3 Å². The van der Waals surface area contributed by atoms with Gasteiger partial charge < -0.3 is 25.0 Å². The molecule has 2 N–H and O–H groups in total. The van der Waals surface area contributed by atoms with Crippen molar-refractivity contribution in [2.75, 3.05) is 45.5 Å². The van der Waals surface area contributed by atoms with Crippen molar-refractivity contribution in [3.63, 3.8) is 0 Å². The minimum atomic E-state index is -0.522. The largest absolute Gasteiger partial charge is 0.497 e. The van der Waals surface area contributed by atoms with Crippen LogP contribution in [0.2, 0.25) is 5.02 Å². The summed E-state index contributed by atoms with van der Waals surface area (Å²) in [5, 5.41) is 6.95. The zero-order chi connectivity index (χ0) is 32.8. The Hall–Kier alpha value is -5.26. The summed E-state index contributed by atoms with van der Waals surface area (Å²) in [7, 11) is 6.88. The van der Waals surface area contributed by atoms with Crippen LogP contribution in [0.4, 0.5) is 17.3 Å². The first-order chi connectivity index (χ1) is 22.2. The molecule has 0 spiro atoms. The second kappa shape index (κ2) is 14.2. The average molecular weight is 640 g/mol. The highest BCUT2D eigenvalue weighted by Gasteiger charge is 2.22. The van der Waals surface area contributed by atoms with Gasteiger partial charge in [-0.25, -0.2) is 4.98 Å². The molecule has 11 nitrogen and oxygen atoms in total. The first kappa shape index (κ1) is 32.1. The summed E-state index contributed by atoms with van der Waals surface area (Å²) < 4.78 is 12.6. The van der Waals surface area contributed by atoms with Crippen molar-refractivity contribution in [1.29, 1.82) is 0 Å². The molecule has 0 aliphatic carbocycles. The van der Waals surface area contributed by atoms with Gasteiger partial charge >= 0.3 is 0 Å². The molecule has 0 saturated carbocycles. The average Bonchev–Trinajstić information content (AvgIpc) is 3.05. The SMILES string of the molecule is COc1cc(OC)c(Cl)c(-c2cc3cnc(Nc4ccncc4)nc3n(C(C)c3cccc(NC(=O)/C=C/CN(C)C)c3)c2=O)c1. The highest BCUT2D eigenvalue weighted by molar-refractivity contribution is 6.35. The van der Waals surface area contributed by atoms with Crippen LogP contribution in [-0.4, -0.2) is 65.2 Å². The molecule has 236 valence electrons. The first-order valence-corrected chi connectivity index (χ1v) is 14.8. The normalized spacial score (nSPS) is 12.0. The molecule has 3 aromatic heterocycles. The number of hydrogen-bond acceptors (Lipinski definition) is 9. The van der Waals surface area contributed by atoms with Gasteiger partial charge in [0, 0.05) is 65.2 Å². The van der Waals surface area contributed by atoms with Crippen LogP contribution in [-0.2, 0) is 4.79 Å². The number of aromatic nitrogens is 4. The number of amides is 1. The molecule has 5 aromatic rings. The van der Waals surface area contributed by atoms with Crippen molar-refractivity contribution < 1.29 is 14.3 Å². The summed E-state index contributed by atoms with van der Waals surface area (Å²) in [5.41, 5.74) is 2.92. The van der Waals surface area contributed by atoms with E-state index in [1.807, 2.05) is 44.1 Å². The fourth-order valence-corrected chi connectivity index (χ4v) is 5.20. The van der Waals surface area contributed by atoms with Crippen molar-refractivity contribution in [3.05, 3.63) is 106 Å². The molecule has 0 aliphatic heterocycles. The zero-order valence-corrected chi connectivity index (χ0v) is 26.9. The monoisotopic (exact) mass is 639 g/mol. The quantitative estimate of drug-likeness (QED) is 0.169. The van der Waals surface area contributed by atoms with E-state index in [1.54, 1.807) is 65.6 Å². The third-order valence-corrected chi connectivity index (χ3v) is 7.62. The number of benzene rings is 2. The van der Waals surface area contributed by atoms with E-state index in [4.69, 9.17) is 26.1 Å². The molecule has 12 heteroatoms. The Balaban J connectivity index is 1.65. The maximum atomic E-state index is 14.5. The standard InChI is InChI=1S/C34H34ClN7O4/c1-21(22-8-6-9-25(16-22)38-30(43)10-7-15-41(2)3)42-32-23(20-37-34(40-32)39-24-11-13-36-14-12-24)17-28(33(42)44)27-18-26(45-4)19-29(46-5)31(27)35/h6-14,16-21H,15H2,1-5H3,(H,38,43)(H,36,37,39,40)/b10-7+. The minimum absolute atomic E-state index is 0.252. The third kappa shape index (κ3) is 7.17. The van der Waals surface area contributed by atoms with Gasteiger partial charge in [0.05, 0.1) is 25.3 Å². The van der Waals surface area contributed by atoms with Crippen LogP contribution in [0.25, 0.3) is 22.2 Å². The second-order valence-corrected chi connectivity index (χ2v) is 11.1. The molecule has 0 radical (unpaired) electrons. The Morgan fingerprint density at radius 2 is 1.83 bits per heavy atom. The number of fused-ring (bicyclic) bond motifs is 1. The minimum Gasteiger partial charge on any atom is -0.497 e. The van der Waals surface area contributed by atoms with E-state index < -0.39 is 6.04 Å². The smallest absolute Gasteiger partial charge is 0.260 e. The number of methoxy groups -OCH3 is 2. The van der Waals surface area contributed by atoms with Gasteiger partial charge in [0.2, 0.25) is 11.9 Å². The third-order valence-electron chi connectivity index (χ3n) is 7.23. The molecule has 1 amide bonds. The van der Waals surface area contributed by atoms with Crippen LogP contribution in [0.15, 0.2) is 90.1 Å². The van der Waals surface area contributed by atoms with Gasteiger partial charge in [0.25, 0.3) is 5.56 Å². The Labute approximate surface area is 271 Å². The molecule has 1 unspecified atom stereocenters. The number of hydrogen-bond donors (Lipinski definition) is 2. The zero-order valence-electron chi connectivity index (χ0n) is 26.1. The van der Waals surface area contributed by atoms with Crippen molar-refractivity contribution in [3.8, 4) is 22.6 Å². The molecule has 0 bridgehead atoms. The van der Waals surface area contributed by atoms with Gasteiger partial charge in [-0.1, -0.05) is 29.8 Å². The maximum absolute atomic E-state index is 14.5. The number of halogens is 1. The van der Waals surface area contributed by atoms with Crippen LogP contribution < -0.4 is 25.7 Å². The topological polar surface area (TPSA) is 124 Å². The van der Waals surface area contributed by atoms with Crippen molar-refractivity contribution >= 4 is 45.9 Å². The van der Waals surface area contributed by atoms with Gasteiger partial charge in [-0.05, 0) is 63.0 Å².